The van der Waals surface area contributed by atoms with E-state index in [1.54, 1.807) is 16.4 Å². The van der Waals surface area contributed by atoms with Gasteiger partial charge in [0.25, 0.3) is 0 Å². The van der Waals surface area contributed by atoms with Crippen molar-refractivity contribution in [2.45, 2.75) is 30.8 Å². The average molecular weight is 200 g/mol. The van der Waals surface area contributed by atoms with Crippen molar-refractivity contribution in [2.24, 2.45) is 7.05 Å². The molecule has 1 aromatic rings. The highest BCUT2D eigenvalue weighted by Crippen LogP contribution is 2.20. The van der Waals surface area contributed by atoms with Crippen LogP contribution < -0.4 is 0 Å². The monoisotopic (exact) mass is 200 g/mol. The topological polar surface area (TPSA) is 38.0 Å². The van der Waals surface area contributed by atoms with E-state index in [-0.39, 0.29) is 0 Å². The fraction of sp³-hybridized carbons (Fsp3) is 0.667. The molecule has 13 heavy (non-hydrogen) atoms. The van der Waals surface area contributed by atoms with Crippen LogP contribution >= 0.6 is 11.8 Å². The van der Waals surface area contributed by atoms with E-state index in [0.717, 1.165) is 17.1 Å². The number of thioether (sulfide) groups is 1. The van der Waals surface area contributed by atoms with Crippen LogP contribution in [-0.2, 0) is 7.05 Å². The van der Waals surface area contributed by atoms with Gasteiger partial charge < -0.3 is 5.11 Å². The predicted octanol–water partition coefficient (Wildman–Crippen LogP) is 1.67. The molecule has 0 atom stereocenters. The fourth-order valence-electron chi connectivity index (χ4n) is 0.892. The number of hydrogen-bond acceptors (Lipinski definition) is 3. The van der Waals surface area contributed by atoms with Crippen molar-refractivity contribution in [3.63, 3.8) is 0 Å². The summed E-state index contributed by atoms with van der Waals surface area (Å²) in [5.41, 5.74) is -0.560. The summed E-state index contributed by atoms with van der Waals surface area (Å²) < 4.78 is 1.78. The molecule has 1 heterocycles. The van der Waals surface area contributed by atoms with Gasteiger partial charge in [0.05, 0.1) is 11.8 Å². The maximum atomic E-state index is 9.47. The smallest absolute Gasteiger partial charge is 0.0625 e. The molecule has 0 bridgehead atoms. The Balaban J connectivity index is 2.28. The minimum atomic E-state index is -0.560. The van der Waals surface area contributed by atoms with Crippen LogP contribution in [0.1, 0.15) is 20.3 Å². The van der Waals surface area contributed by atoms with E-state index >= 15 is 0 Å². The number of aromatic nitrogens is 2. The summed E-state index contributed by atoms with van der Waals surface area (Å²) in [4.78, 5) is 1.16. The first-order chi connectivity index (χ1) is 5.97. The third-order valence-corrected chi connectivity index (χ3v) is 2.62. The first-order valence-corrected chi connectivity index (χ1v) is 5.30. The quantitative estimate of drug-likeness (QED) is 0.751. The molecule has 0 fully saturated rings. The molecule has 74 valence electrons. The van der Waals surface area contributed by atoms with Gasteiger partial charge in [-0.05, 0) is 20.3 Å². The Morgan fingerprint density at radius 1 is 1.62 bits per heavy atom. The zero-order valence-electron chi connectivity index (χ0n) is 8.32. The largest absolute Gasteiger partial charge is 0.390 e. The second kappa shape index (κ2) is 4.15. The van der Waals surface area contributed by atoms with Gasteiger partial charge in [-0.3, -0.25) is 4.68 Å². The SMILES string of the molecule is Cn1cc(SCCC(C)(C)O)cn1. The summed E-state index contributed by atoms with van der Waals surface area (Å²) in [5.74, 6) is 0.926. The first-order valence-electron chi connectivity index (χ1n) is 4.31. The number of nitrogens with zero attached hydrogens (tertiary/aromatic N) is 2. The maximum Gasteiger partial charge on any atom is 0.0625 e. The number of rotatable bonds is 4. The Labute approximate surface area is 83.1 Å². The van der Waals surface area contributed by atoms with Crippen LogP contribution in [0.15, 0.2) is 17.3 Å². The molecule has 0 saturated carbocycles. The van der Waals surface area contributed by atoms with Gasteiger partial charge in [0.15, 0.2) is 0 Å². The lowest BCUT2D eigenvalue weighted by molar-refractivity contribution is 0.0778. The summed E-state index contributed by atoms with van der Waals surface area (Å²) >= 11 is 1.72. The maximum absolute atomic E-state index is 9.47. The molecule has 0 aromatic carbocycles. The van der Waals surface area contributed by atoms with Crippen molar-refractivity contribution in [3.05, 3.63) is 12.4 Å². The van der Waals surface area contributed by atoms with Gasteiger partial charge in [-0.25, -0.2) is 0 Å². The van der Waals surface area contributed by atoms with Crippen LogP contribution in [0.2, 0.25) is 0 Å². The van der Waals surface area contributed by atoms with Crippen LogP contribution in [-0.4, -0.2) is 26.2 Å². The van der Waals surface area contributed by atoms with Crippen LogP contribution in [0.3, 0.4) is 0 Å². The molecule has 1 rings (SSSR count). The summed E-state index contributed by atoms with van der Waals surface area (Å²) in [6.45, 7) is 3.66. The lowest BCUT2D eigenvalue weighted by Crippen LogP contribution is -2.18. The van der Waals surface area contributed by atoms with Gasteiger partial charge in [0.2, 0.25) is 0 Å². The molecule has 0 unspecified atom stereocenters. The van der Waals surface area contributed by atoms with E-state index in [4.69, 9.17) is 0 Å². The lowest BCUT2D eigenvalue weighted by Gasteiger charge is -2.15. The van der Waals surface area contributed by atoms with Crippen LogP contribution in [0, 0.1) is 0 Å². The van der Waals surface area contributed by atoms with E-state index in [0.29, 0.717) is 0 Å². The lowest BCUT2D eigenvalue weighted by atomic mass is 10.1. The van der Waals surface area contributed by atoms with Gasteiger partial charge >= 0.3 is 0 Å². The second-order valence-corrected chi connectivity index (χ2v) is 4.93. The highest BCUT2D eigenvalue weighted by molar-refractivity contribution is 7.99. The van der Waals surface area contributed by atoms with Gasteiger partial charge in [-0.15, -0.1) is 11.8 Å². The molecular weight excluding hydrogens is 184 g/mol. The molecule has 0 aliphatic carbocycles. The van der Waals surface area contributed by atoms with E-state index in [9.17, 15) is 5.11 Å². The highest BCUT2D eigenvalue weighted by atomic mass is 32.2. The van der Waals surface area contributed by atoms with Crippen molar-refractivity contribution in [1.82, 2.24) is 9.78 Å². The average Bonchev–Trinajstić information content (AvgIpc) is 2.33. The zero-order valence-corrected chi connectivity index (χ0v) is 9.14. The van der Waals surface area contributed by atoms with Gasteiger partial charge in [0.1, 0.15) is 0 Å². The first kappa shape index (κ1) is 10.6. The van der Waals surface area contributed by atoms with Gasteiger partial charge in [-0.1, -0.05) is 0 Å². The number of aryl methyl sites for hydroxylation is 1. The van der Waals surface area contributed by atoms with Gasteiger partial charge in [-0.2, -0.15) is 5.10 Å². The van der Waals surface area contributed by atoms with Gasteiger partial charge in [0, 0.05) is 23.9 Å². The van der Waals surface area contributed by atoms with Crippen molar-refractivity contribution < 1.29 is 5.11 Å². The standard InChI is InChI=1S/C9H16N2OS/c1-9(2,12)4-5-13-8-6-10-11(3)7-8/h6-7,12H,4-5H2,1-3H3. The minimum Gasteiger partial charge on any atom is -0.390 e. The summed E-state index contributed by atoms with van der Waals surface area (Å²) in [7, 11) is 1.90. The molecule has 0 saturated heterocycles. The normalized spacial score (nSPS) is 12.0. The van der Waals surface area contributed by atoms with Crippen LogP contribution in [0.5, 0.6) is 0 Å². The second-order valence-electron chi connectivity index (χ2n) is 3.76. The number of aliphatic hydroxyl groups is 1. The fourth-order valence-corrected chi connectivity index (χ4v) is 2.08. The van der Waals surface area contributed by atoms with Crippen molar-refractivity contribution in [3.8, 4) is 0 Å². The Bertz CT molecular complexity index is 265. The molecule has 0 spiro atoms. The van der Waals surface area contributed by atoms with Crippen LogP contribution in [0.4, 0.5) is 0 Å². The van der Waals surface area contributed by atoms with E-state index in [1.807, 2.05) is 33.3 Å². The van der Waals surface area contributed by atoms with E-state index in [2.05, 4.69) is 5.10 Å². The molecule has 0 aliphatic heterocycles. The summed E-state index contributed by atoms with van der Waals surface area (Å²) in [5, 5.41) is 13.5. The molecule has 4 heteroatoms. The van der Waals surface area contributed by atoms with Crippen molar-refractivity contribution in [1.29, 1.82) is 0 Å². The van der Waals surface area contributed by atoms with E-state index in [1.165, 1.54) is 0 Å². The summed E-state index contributed by atoms with van der Waals surface area (Å²) in [6.07, 6.45) is 4.62. The Hall–Kier alpha value is -0.480. The molecule has 0 amide bonds. The third-order valence-electron chi connectivity index (χ3n) is 1.66. The van der Waals surface area contributed by atoms with E-state index < -0.39 is 5.60 Å². The Morgan fingerprint density at radius 2 is 2.31 bits per heavy atom. The van der Waals surface area contributed by atoms with Crippen LogP contribution in [0.25, 0.3) is 0 Å². The molecule has 0 aliphatic rings. The third kappa shape index (κ3) is 4.33. The molecule has 0 radical (unpaired) electrons. The zero-order chi connectivity index (χ0) is 9.90. The van der Waals surface area contributed by atoms with Crippen molar-refractivity contribution in [2.75, 3.05) is 5.75 Å². The summed E-state index contributed by atoms with van der Waals surface area (Å²) in [6, 6.07) is 0. The Kier molecular flexibility index (Phi) is 3.39. The predicted molar refractivity (Wildman–Crippen MR) is 54.8 cm³/mol. The minimum absolute atomic E-state index is 0.560. The molecule has 1 aromatic heterocycles. The molecular formula is C9H16N2OS. The Morgan fingerprint density at radius 3 is 2.77 bits per heavy atom. The molecule has 1 N–H and O–H groups in total. The van der Waals surface area contributed by atoms with Crippen molar-refractivity contribution >= 4 is 11.8 Å². The number of hydrogen-bond donors (Lipinski definition) is 1. The highest BCUT2D eigenvalue weighted by Gasteiger charge is 2.11. The molecule has 3 nitrogen and oxygen atoms in total.